The first-order valence-electron chi connectivity index (χ1n) is 5.89. The van der Waals surface area contributed by atoms with Crippen molar-refractivity contribution < 1.29 is 14.6 Å². The topological polar surface area (TPSA) is 67.7 Å². The smallest absolute Gasteiger partial charge is 0.147 e. The quantitative estimate of drug-likeness (QED) is 0.727. The molecule has 0 bridgehead atoms. The maximum Gasteiger partial charge on any atom is 0.147 e. The molecule has 1 aromatic rings. The van der Waals surface area contributed by atoms with E-state index in [0.29, 0.717) is 25.5 Å². The lowest BCUT2D eigenvalue weighted by molar-refractivity contribution is 0.170. The summed E-state index contributed by atoms with van der Waals surface area (Å²) < 4.78 is 10.3. The average molecular weight is 255 g/mol. The molecule has 0 aromatic carbocycles. The number of aliphatic hydroxyl groups is 1. The number of methoxy groups -OCH3 is 2. The molecule has 18 heavy (non-hydrogen) atoms. The number of rotatable bonds is 8. The second-order valence-electron chi connectivity index (χ2n) is 4.01. The first-order chi connectivity index (χ1) is 8.72. The van der Waals surface area contributed by atoms with Crippen LogP contribution in [0.5, 0.6) is 0 Å². The maximum atomic E-state index is 8.95. The minimum absolute atomic E-state index is 0.0982. The van der Waals surface area contributed by atoms with Crippen LogP contribution in [-0.2, 0) is 16.1 Å². The average Bonchev–Trinajstić information content (AvgIpc) is 2.40. The number of hydrogen-bond acceptors (Lipinski definition) is 6. The summed E-state index contributed by atoms with van der Waals surface area (Å²) in [5.74, 6) is 0.758. The fraction of sp³-hybridized carbons (Fsp3) is 0.667. The summed E-state index contributed by atoms with van der Waals surface area (Å²) in [7, 11) is 3.34. The minimum atomic E-state index is -0.0982. The number of aliphatic hydroxyl groups excluding tert-OH is 1. The molecule has 0 radical (unpaired) electrons. The van der Waals surface area contributed by atoms with Crippen molar-refractivity contribution in [3.05, 3.63) is 18.1 Å². The molecule has 1 unspecified atom stereocenters. The molecule has 0 fully saturated rings. The Balaban J connectivity index is 2.79. The lowest BCUT2D eigenvalue weighted by atomic mass is 10.3. The summed E-state index contributed by atoms with van der Waals surface area (Å²) in [6.45, 7) is 3.89. The van der Waals surface area contributed by atoms with Gasteiger partial charge in [0.25, 0.3) is 0 Å². The number of aromatic nitrogens is 2. The lowest BCUT2D eigenvalue weighted by Gasteiger charge is -2.29. The zero-order valence-electron chi connectivity index (χ0n) is 11.2. The summed E-state index contributed by atoms with van der Waals surface area (Å²) in [6, 6.07) is 0.180. The molecule has 0 amide bonds. The fourth-order valence-electron chi connectivity index (χ4n) is 1.66. The Bertz CT molecular complexity index is 332. The van der Waals surface area contributed by atoms with E-state index in [1.807, 2.05) is 0 Å². The second kappa shape index (κ2) is 7.97. The third-order valence-corrected chi connectivity index (χ3v) is 2.62. The van der Waals surface area contributed by atoms with E-state index in [1.165, 1.54) is 0 Å². The van der Waals surface area contributed by atoms with Gasteiger partial charge in [-0.2, -0.15) is 0 Å². The highest BCUT2D eigenvalue weighted by Crippen LogP contribution is 2.13. The van der Waals surface area contributed by atoms with Gasteiger partial charge in [0.2, 0.25) is 0 Å². The molecule has 0 aliphatic rings. The van der Waals surface area contributed by atoms with Crippen LogP contribution in [0.3, 0.4) is 0 Å². The van der Waals surface area contributed by atoms with Crippen molar-refractivity contribution in [3.63, 3.8) is 0 Å². The van der Waals surface area contributed by atoms with E-state index in [1.54, 1.807) is 26.6 Å². The summed E-state index contributed by atoms with van der Waals surface area (Å²) in [6.07, 6.45) is 3.24. The zero-order chi connectivity index (χ0) is 13.4. The molecular formula is C12H21N3O3. The summed E-state index contributed by atoms with van der Waals surface area (Å²) >= 11 is 0. The minimum Gasteiger partial charge on any atom is -0.390 e. The molecule has 1 aromatic heterocycles. The van der Waals surface area contributed by atoms with Gasteiger partial charge in [-0.3, -0.25) is 4.98 Å². The predicted molar refractivity (Wildman–Crippen MR) is 68.5 cm³/mol. The Kier molecular flexibility index (Phi) is 6.56. The zero-order valence-corrected chi connectivity index (χ0v) is 11.2. The SMILES string of the molecule is COCCN(c1cnc(CO)cn1)C(C)COC. The number of ether oxygens (including phenoxy) is 2. The van der Waals surface area contributed by atoms with Gasteiger partial charge in [0.15, 0.2) is 0 Å². The highest BCUT2D eigenvalue weighted by Gasteiger charge is 2.15. The first-order valence-corrected chi connectivity index (χ1v) is 5.89. The molecule has 1 N–H and O–H groups in total. The van der Waals surface area contributed by atoms with Gasteiger partial charge in [0.05, 0.1) is 44.0 Å². The normalized spacial score (nSPS) is 12.4. The summed E-state index contributed by atoms with van der Waals surface area (Å²) in [5, 5.41) is 8.95. The van der Waals surface area contributed by atoms with Crippen molar-refractivity contribution in [1.82, 2.24) is 9.97 Å². The van der Waals surface area contributed by atoms with Gasteiger partial charge in [0.1, 0.15) is 5.82 Å². The Morgan fingerprint density at radius 1 is 1.28 bits per heavy atom. The van der Waals surface area contributed by atoms with Gasteiger partial charge in [-0.05, 0) is 6.92 Å². The van der Waals surface area contributed by atoms with Crippen molar-refractivity contribution in [3.8, 4) is 0 Å². The molecule has 102 valence electrons. The third-order valence-electron chi connectivity index (χ3n) is 2.62. The molecule has 0 saturated heterocycles. The van der Waals surface area contributed by atoms with Crippen LogP contribution in [0.4, 0.5) is 5.82 Å². The van der Waals surface area contributed by atoms with Crippen molar-refractivity contribution >= 4 is 5.82 Å². The molecular weight excluding hydrogens is 234 g/mol. The number of anilines is 1. The van der Waals surface area contributed by atoms with E-state index < -0.39 is 0 Å². The van der Waals surface area contributed by atoms with Gasteiger partial charge in [-0.25, -0.2) is 4.98 Å². The highest BCUT2D eigenvalue weighted by molar-refractivity contribution is 5.37. The van der Waals surface area contributed by atoms with Crippen LogP contribution in [-0.4, -0.2) is 55.1 Å². The van der Waals surface area contributed by atoms with Crippen molar-refractivity contribution in [1.29, 1.82) is 0 Å². The molecule has 6 nitrogen and oxygen atoms in total. The molecule has 0 aliphatic heterocycles. The van der Waals surface area contributed by atoms with E-state index in [9.17, 15) is 0 Å². The third kappa shape index (κ3) is 4.21. The Hall–Kier alpha value is -1.24. The van der Waals surface area contributed by atoms with Crippen LogP contribution in [0.15, 0.2) is 12.4 Å². The Morgan fingerprint density at radius 2 is 2.06 bits per heavy atom. The second-order valence-corrected chi connectivity index (χ2v) is 4.01. The highest BCUT2D eigenvalue weighted by atomic mass is 16.5. The first kappa shape index (κ1) is 14.8. The van der Waals surface area contributed by atoms with Crippen molar-refractivity contribution in [2.24, 2.45) is 0 Å². The molecule has 1 heterocycles. The van der Waals surface area contributed by atoms with Gasteiger partial charge in [-0.15, -0.1) is 0 Å². The number of hydrogen-bond donors (Lipinski definition) is 1. The van der Waals surface area contributed by atoms with Crippen LogP contribution in [0, 0.1) is 0 Å². The molecule has 6 heteroatoms. The van der Waals surface area contributed by atoms with E-state index in [-0.39, 0.29) is 12.6 Å². The standard InChI is InChI=1S/C12H21N3O3/c1-10(9-18-3)15(4-5-17-2)12-7-13-11(8-16)6-14-12/h6-7,10,16H,4-5,8-9H2,1-3H3. The van der Waals surface area contributed by atoms with Crippen LogP contribution in [0.1, 0.15) is 12.6 Å². The van der Waals surface area contributed by atoms with Crippen molar-refractivity contribution in [2.75, 3.05) is 38.9 Å². The van der Waals surface area contributed by atoms with E-state index >= 15 is 0 Å². The van der Waals surface area contributed by atoms with E-state index in [2.05, 4.69) is 21.8 Å². The molecule has 0 spiro atoms. The van der Waals surface area contributed by atoms with Crippen LogP contribution in [0.25, 0.3) is 0 Å². The molecule has 0 aliphatic carbocycles. The maximum absolute atomic E-state index is 8.95. The molecule has 1 rings (SSSR count). The summed E-state index contributed by atoms with van der Waals surface area (Å²) in [4.78, 5) is 10.5. The van der Waals surface area contributed by atoms with Gasteiger partial charge in [0, 0.05) is 20.8 Å². The Morgan fingerprint density at radius 3 is 2.56 bits per heavy atom. The van der Waals surface area contributed by atoms with Gasteiger partial charge < -0.3 is 19.5 Å². The van der Waals surface area contributed by atoms with Crippen molar-refractivity contribution in [2.45, 2.75) is 19.6 Å². The molecule has 1 atom stereocenters. The van der Waals surface area contributed by atoms with Crippen LogP contribution >= 0.6 is 0 Å². The van der Waals surface area contributed by atoms with Crippen LogP contribution in [0.2, 0.25) is 0 Å². The van der Waals surface area contributed by atoms with Gasteiger partial charge >= 0.3 is 0 Å². The van der Waals surface area contributed by atoms with Gasteiger partial charge in [-0.1, -0.05) is 0 Å². The molecule has 0 saturated carbocycles. The Labute approximate surface area is 108 Å². The largest absolute Gasteiger partial charge is 0.390 e. The fourth-order valence-corrected chi connectivity index (χ4v) is 1.66. The van der Waals surface area contributed by atoms with E-state index in [4.69, 9.17) is 14.6 Å². The number of nitrogens with zero attached hydrogens (tertiary/aromatic N) is 3. The predicted octanol–water partition coefficient (Wildman–Crippen LogP) is 0.457. The lowest BCUT2D eigenvalue weighted by Crippen LogP contribution is -2.39. The van der Waals surface area contributed by atoms with Crippen LogP contribution < -0.4 is 4.90 Å². The van der Waals surface area contributed by atoms with E-state index in [0.717, 1.165) is 5.82 Å². The summed E-state index contributed by atoms with van der Waals surface area (Å²) in [5.41, 5.74) is 0.560. The monoisotopic (exact) mass is 255 g/mol.